The molecule has 1 aliphatic heterocycles. The Morgan fingerprint density at radius 2 is 2.00 bits per heavy atom. The van der Waals surface area contributed by atoms with Crippen molar-refractivity contribution in [3.63, 3.8) is 0 Å². The summed E-state index contributed by atoms with van der Waals surface area (Å²) >= 11 is 0. The monoisotopic (exact) mass is 317 g/mol. The minimum atomic E-state index is -1.23. The third kappa shape index (κ3) is 5.39. The van der Waals surface area contributed by atoms with Gasteiger partial charge in [-0.15, -0.1) is 0 Å². The zero-order valence-corrected chi connectivity index (χ0v) is 13.2. The highest BCUT2D eigenvalue weighted by atomic mass is 32.2. The Morgan fingerprint density at radius 1 is 1.33 bits per heavy atom. The van der Waals surface area contributed by atoms with Crippen molar-refractivity contribution >= 4 is 22.7 Å². The number of carbonyl (C=O) groups excluding carboxylic acids is 2. The summed E-state index contributed by atoms with van der Waals surface area (Å²) in [6, 6.07) is 0.133. The van der Waals surface area contributed by atoms with Gasteiger partial charge in [0.2, 0.25) is 5.91 Å². The lowest BCUT2D eigenvalue weighted by Gasteiger charge is -2.23. The Morgan fingerprint density at radius 3 is 2.57 bits per heavy atom. The second kappa shape index (κ2) is 7.35. The van der Waals surface area contributed by atoms with Gasteiger partial charge in [-0.2, -0.15) is 0 Å². The number of hydrogen-bond donors (Lipinski definition) is 1. The molecule has 1 unspecified atom stereocenters. The molecule has 1 amide bonds. The molecule has 0 radical (unpaired) electrons. The van der Waals surface area contributed by atoms with Crippen LogP contribution in [0.1, 0.15) is 32.1 Å². The number of carbonyl (C=O) groups is 2. The van der Waals surface area contributed by atoms with Gasteiger partial charge in [-0.25, -0.2) is 0 Å². The van der Waals surface area contributed by atoms with Gasteiger partial charge in [0.1, 0.15) is 5.75 Å². The van der Waals surface area contributed by atoms with Gasteiger partial charge in [-0.3, -0.25) is 13.8 Å². The maximum atomic E-state index is 12.1. The second-order valence-electron chi connectivity index (χ2n) is 5.94. The molecule has 0 aromatic carbocycles. The highest BCUT2D eigenvalue weighted by molar-refractivity contribution is 7.85. The predicted octanol–water partition coefficient (Wildman–Crippen LogP) is 0.374. The Hall–Kier alpha value is -0.950. The number of nitrogens with one attached hydrogen (secondary N) is 1. The lowest BCUT2D eigenvalue weighted by Crippen LogP contribution is -2.41. The van der Waals surface area contributed by atoms with E-state index < -0.39 is 10.8 Å². The van der Waals surface area contributed by atoms with Crippen molar-refractivity contribution in [3.05, 3.63) is 0 Å². The van der Waals surface area contributed by atoms with Crippen LogP contribution >= 0.6 is 0 Å². The Kier molecular flexibility index (Phi) is 5.75. The molecule has 1 heterocycles. The van der Waals surface area contributed by atoms with Crippen molar-refractivity contribution in [2.75, 3.05) is 31.8 Å². The highest BCUT2D eigenvalue weighted by Gasteiger charge is 2.46. The number of ether oxygens (including phenoxy) is 2. The molecule has 0 spiro atoms. The van der Waals surface area contributed by atoms with Crippen LogP contribution in [0.3, 0.4) is 0 Å². The Labute approximate surface area is 127 Å². The molecule has 2 rings (SSSR count). The van der Waals surface area contributed by atoms with Crippen molar-refractivity contribution < 1.29 is 23.3 Å². The van der Waals surface area contributed by atoms with E-state index >= 15 is 0 Å². The van der Waals surface area contributed by atoms with Crippen molar-refractivity contribution in [3.8, 4) is 0 Å². The molecule has 1 atom stereocenters. The molecule has 1 saturated carbocycles. The quantitative estimate of drug-likeness (QED) is 0.686. The molecule has 0 aromatic heterocycles. The first-order chi connectivity index (χ1) is 10.0. The van der Waals surface area contributed by atoms with Crippen LogP contribution < -0.4 is 5.32 Å². The second-order valence-corrected chi connectivity index (χ2v) is 7.39. The van der Waals surface area contributed by atoms with E-state index in [4.69, 9.17) is 4.74 Å². The van der Waals surface area contributed by atoms with E-state index in [1.807, 2.05) is 0 Å². The van der Waals surface area contributed by atoms with Crippen LogP contribution in [-0.2, 0) is 29.9 Å². The largest absolute Gasteiger partial charge is 0.469 e. The molecule has 6 nitrogen and oxygen atoms in total. The Balaban J connectivity index is 1.71. The van der Waals surface area contributed by atoms with Gasteiger partial charge in [0, 0.05) is 35.8 Å². The van der Waals surface area contributed by atoms with Crippen LogP contribution in [0, 0.1) is 5.41 Å². The van der Waals surface area contributed by atoms with Crippen LogP contribution in [0.2, 0.25) is 0 Å². The average Bonchev–Trinajstić information content (AvgIpc) is 3.18. The van der Waals surface area contributed by atoms with E-state index in [0.717, 1.165) is 25.7 Å². The third-order valence-corrected chi connectivity index (χ3v) is 5.57. The molecule has 1 aliphatic carbocycles. The van der Waals surface area contributed by atoms with Crippen LogP contribution in [0.5, 0.6) is 0 Å². The molecular formula is C14H23NO5S. The van der Waals surface area contributed by atoms with E-state index in [0.29, 0.717) is 25.4 Å². The first-order valence-corrected chi connectivity index (χ1v) is 8.81. The minimum absolute atomic E-state index is 0.0142. The van der Waals surface area contributed by atoms with Gasteiger partial charge >= 0.3 is 5.97 Å². The van der Waals surface area contributed by atoms with Gasteiger partial charge in [0.05, 0.1) is 13.5 Å². The normalized spacial score (nSPS) is 22.3. The van der Waals surface area contributed by atoms with Crippen LogP contribution in [0.25, 0.3) is 0 Å². The number of esters is 1. The summed E-state index contributed by atoms with van der Waals surface area (Å²) in [5.74, 6) is -0.0194. The fourth-order valence-corrected chi connectivity index (χ4v) is 4.13. The molecule has 120 valence electrons. The van der Waals surface area contributed by atoms with Crippen molar-refractivity contribution in [1.82, 2.24) is 5.32 Å². The highest BCUT2D eigenvalue weighted by Crippen LogP contribution is 2.49. The topological polar surface area (TPSA) is 81.7 Å². The van der Waals surface area contributed by atoms with Crippen molar-refractivity contribution in [1.29, 1.82) is 0 Å². The molecule has 2 fully saturated rings. The summed E-state index contributed by atoms with van der Waals surface area (Å²) in [6.07, 6.45) is 3.69. The van der Waals surface area contributed by atoms with E-state index in [1.54, 1.807) is 0 Å². The summed E-state index contributed by atoms with van der Waals surface area (Å²) in [5, 5.41) is 2.90. The molecule has 2 aliphatic rings. The molecular weight excluding hydrogens is 294 g/mol. The predicted molar refractivity (Wildman–Crippen MR) is 78.2 cm³/mol. The van der Waals surface area contributed by atoms with Gasteiger partial charge in [0.15, 0.2) is 0 Å². The summed E-state index contributed by atoms with van der Waals surface area (Å²) < 4.78 is 22.0. The van der Waals surface area contributed by atoms with E-state index in [2.05, 4.69) is 10.1 Å². The number of methoxy groups -OCH3 is 1. The molecule has 1 saturated heterocycles. The lowest BCUT2D eigenvalue weighted by molar-refractivity contribution is -0.141. The van der Waals surface area contributed by atoms with Gasteiger partial charge in [0.25, 0.3) is 0 Å². The zero-order chi connectivity index (χ0) is 15.3. The number of hydrogen-bond acceptors (Lipinski definition) is 5. The van der Waals surface area contributed by atoms with Gasteiger partial charge in [-0.1, -0.05) is 0 Å². The number of rotatable bonds is 7. The van der Waals surface area contributed by atoms with Gasteiger partial charge in [-0.05, 0) is 31.1 Å². The maximum Gasteiger partial charge on any atom is 0.306 e. The molecule has 21 heavy (non-hydrogen) atoms. The fraction of sp³-hybridized carbons (Fsp3) is 0.857. The fourth-order valence-electron chi connectivity index (χ4n) is 2.58. The van der Waals surface area contributed by atoms with Crippen molar-refractivity contribution in [2.24, 2.45) is 5.41 Å². The summed E-state index contributed by atoms with van der Waals surface area (Å²) in [5.41, 5.74) is -0.198. The maximum absolute atomic E-state index is 12.1. The lowest BCUT2D eigenvalue weighted by atomic mass is 10.1. The number of amides is 1. The molecule has 0 aromatic rings. The van der Waals surface area contributed by atoms with E-state index in [1.165, 1.54) is 7.11 Å². The first-order valence-electron chi connectivity index (χ1n) is 7.32. The summed E-state index contributed by atoms with van der Waals surface area (Å²) in [6.45, 7) is 1.33. The SMILES string of the molecule is COC(=O)CC1(CS(=O)CC(=O)NC2CCOCC2)CC1. The molecule has 7 heteroatoms. The molecule has 1 N–H and O–H groups in total. The van der Waals surface area contributed by atoms with E-state index in [-0.39, 0.29) is 29.1 Å². The smallest absolute Gasteiger partial charge is 0.306 e. The van der Waals surface area contributed by atoms with Crippen LogP contribution in [-0.4, -0.2) is 54.0 Å². The summed E-state index contributed by atoms with van der Waals surface area (Å²) in [7, 11) is 0.127. The standard InChI is InChI=1S/C14H23NO5S/c1-19-13(17)8-14(4-5-14)10-21(18)9-12(16)15-11-2-6-20-7-3-11/h11H,2-10H2,1H3,(H,15,16). The summed E-state index contributed by atoms with van der Waals surface area (Å²) in [4.78, 5) is 23.2. The van der Waals surface area contributed by atoms with Crippen molar-refractivity contribution in [2.45, 2.75) is 38.1 Å². The minimum Gasteiger partial charge on any atom is -0.469 e. The Bertz CT molecular complexity index is 416. The average molecular weight is 317 g/mol. The molecule has 0 bridgehead atoms. The van der Waals surface area contributed by atoms with Crippen LogP contribution in [0.15, 0.2) is 0 Å². The third-order valence-electron chi connectivity index (χ3n) is 4.05. The zero-order valence-electron chi connectivity index (χ0n) is 12.4. The van der Waals surface area contributed by atoms with Crippen LogP contribution in [0.4, 0.5) is 0 Å². The van der Waals surface area contributed by atoms with Gasteiger partial charge < -0.3 is 14.8 Å². The van der Waals surface area contributed by atoms with E-state index in [9.17, 15) is 13.8 Å². The first kappa shape index (κ1) is 16.4.